The van der Waals surface area contributed by atoms with Crippen molar-refractivity contribution in [2.24, 2.45) is 0 Å². The summed E-state index contributed by atoms with van der Waals surface area (Å²) in [5.74, 6) is 2.27. The summed E-state index contributed by atoms with van der Waals surface area (Å²) in [4.78, 5) is 17.5. The van der Waals surface area contributed by atoms with E-state index in [9.17, 15) is 4.79 Å². The molecule has 23 heavy (non-hydrogen) atoms. The monoisotopic (exact) mass is 329 g/mol. The summed E-state index contributed by atoms with van der Waals surface area (Å²) in [6.45, 7) is 4.17. The van der Waals surface area contributed by atoms with E-state index in [1.807, 2.05) is 11.8 Å². The summed E-state index contributed by atoms with van der Waals surface area (Å²) in [6.07, 6.45) is 3.62. The largest absolute Gasteiger partial charge is 0.334 e. The van der Waals surface area contributed by atoms with Gasteiger partial charge in [-0.05, 0) is 62.4 Å². The van der Waals surface area contributed by atoms with Crippen LogP contribution in [0.25, 0.3) is 0 Å². The van der Waals surface area contributed by atoms with Crippen LogP contribution in [0.4, 0.5) is 0 Å². The molecule has 0 bridgehead atoms. The first kappa shape index (κ1) is 16.4. The summed E-state index contributed by atoms with van der Waals surface area (Å²) in [5.41, 5.74) is 1.30. The van der Waals surface area contributed by atoms with Crippen molar-refractivity contribution < 1.29 is 4.79 Å². The van der Waals surface area contributed by atoms with Crippen LogP contribution in [0.15, 0.2) is 24.3 Å². The van der Waals surface area contributed by atoms with Crippen molar-refractivity contribution in [3.05, 3.63) is 35.4 Å². The van der Waals surface area contributed by atoms with Crippen molar-refractivity contribution in [3.8, 4) is 6.07 Å². The number of benzene rings is 1. The molecule has 5 heteroatoms. The van der Waals surface area contributed by atoms with Gasteiger partial charge in [0.05, 0.1) is 17.7 Å². The van der Waals surface area contributed by atoms with Crippen LogP contribution in [0.5, 0.6) is 0 Å². The highest BCUT2D eigenvalue weighted by atomic mass is 32.2. The first-order chi connectivity index (χ1) is 11.3. The Balaban J connectivity index is 1.74. The van der Waals surface area contributed by atoms with Crippen LogP contribution in [0, 0.1) is 11.3 Å². The fourth-order valence-electron chi connectivity index (χ4n) is 3.36. The van der Waals surface area contributed by atoms with Crippen LogP contribution in [-0.4, -0.2) is 59.4 Å². The minimum atomic E-state index is 0.112. The molecule has 122 valence electrons. The molecular weight excluding hydrogens is 306 g/mol. The second-order valence-electron chi connectivity index (χ2n) is 6.28. The Morgan fingerprint density at radius 2 is 1.91 bits per heavy atom. The molecule has 1 atom stereocenters. The van der Waals surface area contributed by atoms with Gasteiger partial charge in [0.2, 0.25) is 0 Å². The third-order valence-corrected chi connectivity index (χ3v) is 5.83. The maximum atomic E-state index is 13.0. The van der Waals surface area contributed by atoms with E-state index < -0.39 is 0 Å². The third-order valence-electron chi connectivity index (χ3n) is 4.63. The molecule has 0 aliphatic carbocycles. The number of amides is 1. The average molecular weight is 329 g/mol. The molecule has 2 saturated heterocycles. The van der Waals surface area contributed by atoms with E-state index in [0.29, 0.717) is 17.2 Å². The third kappa shape index (κ3) is 4.07. The van der Waals surface area contributed by atoms with Crippen molar-refractivity contribution >= 4 is 17.7 Å². The van der Waals surface area contributed by atoms with Gasteiger partial charge in [0.25, 0.3) is 5.91 Å². The quantitative estimate of drug-likeness (QED) is 0.855. The van der Waals surface area contributed by atoms with Gasteiger partial charge in [0, 0.05) is 24.4 Å². The van der Waals surface area contributed by atoms with E-state index in [4.69, 9.17) is 5.26 Å². The lowest BCUT2D eigenvalue weighted by molar-refractivity contribution is 0.0666. The van der Waals surface area contributed by atoms with Crippen LogP contribution in [-0.2, 0) is 0 Å². The Morgan fingerprint density at radius 1 is 1.17 bits per heavy atom. The number of thioether (sulfide) groups is 1. The summed E-state index contributed by atoms with van der Waals surface area (Å²) < 4.78 is 0. The van der Waals surface area contributed by atoms with E-state index in [0.717, 1.165) is 31.0 Å². The molecule has 1 amide bonds. The fraction of sp³-hybridized carbons (Fsp3) is 0.556. The minimum Gasteiger partial charge on any atom is -0.334 e. The molecular formula is C18H23N3OS. The Hall–Kier alpha value is -1.51. The molecule has 0 unspecified atom stereocenters. The summed E-state index contributed by atoms with van der Waals surface area (Å²) in [6, 6.07) is 9.43. The van der Waals surface area contributed by atoms with Gasteiger partial charge in [0.15, 0.2) is 0 Å². The predicted octanol–water partition coefficient (Wildman–Crippen LogP) is 2.60. The molecule has 0 N–H and O–H groups in total. The normalized spacial score (nSPS) is 22.6. The summed E-state index contributed by atoms with van der Waals surface area (Å²) >= 11 is 1.97. The Labute approximate surface area is 142 Å². The number of carbonyl (C=O) groups excluding carboxylic acids is 1. The highest BCUT2D eigenvalue weighted by Crippen LogP contribution is 2.21. The number of nitrogens with zero attached hydrogens (tertiary/aromatic N) is 3. The van der Waals surface area contributed by atoms with Crippen molar-refractivity contribution in [3.63, 3.8) is 0 Å². The predicted molar refractivity (Wildman–Crippen MR) is 93.6 cm³/mol. The number of likely N-dealkylation sites (tertiary alicyclic amines) is 1. The lowest BCUT2D eigenvalue weighted by Crippen LogP contribution is -2.47. The minimum absolute atomic E-state index is 0.112. The second kappa shape index (κ2) is 7.85. The molecule has 4 nitrogen and oxygen atoms in total. The first-order valence-electron chi connectivity index (χ1n) is 8.39. The molecule has 1 aromatic rings. The van der Waals surface area contributed by atoms with Gasteiger partial charge in [-0.2, -0.15) is 17.0 Å². The number of rotatable bonds is 3. The van der Waals surface area contributed by atoms with Crippen molar-refractivity contribution in [2.45, 2.75) is 25.3 Å². The van der Waals surface area contributed by atoms with Crippen LogP contribution < -0.4 is 0 Å². The van der Waals surface area contributed by atoms with Crippen LogP contribution in [0.1, 0.15) is 35.2 Å². The van der Waals surface area contributed by atoms with Crippen LogP contribution >= 0.6 is 11.8 Å². The lowest BCUT2D eigenvalue weighted by Gasteiger charge is -2.32. The molecule has 0 spiro atoms. The van der Waals surface area contributed by atoms with E-state index in [-0.39, 0.29) is 5.91 Å². The van der Waals surface area contributed by atoms with Crippen molar-refractivity contribution in [2.75, 3.05) is 37.7 Å². The standard InChI is InChI=1S/C18H23N3OS/c19-12-15-4-6-16(7-5-15)18(22)21-10-3-11-23-14-17(21)13-20-8-1-2-9-20/h4-7,17H,1-3,8-11,13-14H2/t17-/m1/s1. The smallest absolute Gasteiger partial charge is 0.254 e. The zero-order chi connectivity index (χ0) is 16.1. The highest BCUT2D eigenvalue weighted by molar-refractivity contribution is 7.99. The van der Waals surface area contributed by atoms with E-state index >= 15 is 0 Å². The lowest BCUT2D eigenvalue weighted by atomic mass is 10.1. The summed E-state index contributed by atoms with van der Waals surface area (Å²) in [7, 11) is 0. The van der Waals surface area contributed by atoms with E-state index in [1.165, 1.54) is 25.9 Å². The topological polar surface area (TPSA) is 47.3 Å². The van der Waals surface area contributed by atoms with Gasteiger partial charge in [-0.25, -0.2) is 0 Å². The maximum Gasteiger partial charge on any atom is 0.254 e. The zero-order valence-corrected chi connectivity index (χ0v) is 14.2. The Bertz CT molecular complexity index is 575. The van der Waals surface area contributed by atoms with Gasteiger partial charge in [-0.15, -0.1) is 0 Å². The average Bonchev–Trinajstić information content (AvgIpc) is 2.99. The highest BCUT2D eigenvalue weighted by Gasteiger charge is 2.28. The number of nitriles is 1. The molecule has 2 aliphatic heterocycles. The Kier molecular flexibility index (Phi) is 5.58. The first-order valence-corrected chi connectivity index (χ1v) is 9.54. The molecule has 0 radical (unpaired) electrons. The molecule has 1 aromatic carbocycles. The maximum absolute atomic E-state index is 13.0. The molecule has 0 aromatic heterocycles. The van der Waals surface area contributed by atoms with Gasteiger partial charge in [0.1, 0.15) is 0 Å². The van der Waals surface area contributed by atoms with Gasteiger partial charge in [-0.3, -0.25) is 4.79 Å². The Morgan fingerprint density at radius 3 is 2.61 bits per heavy atom. The van der Waals surface area contributed by atoms with Gasteiger partial charge >= 0.3 is 0 Å². The molecule has 2 fully saturated rings. The van der Waals surface area contributed by atoms with Crippen molar-refractivity contribution in [1.29, 1.82) is 5.26 Å². The van der Waals surface area contributed by atoms with E-state index in [1.54, 1.807) is 24.3 Å². The molecule has 2 heterocycles. The van der Waals surface area contributed by atoms with Crippen LogP contribution in [0.3, 0.4) is 0 Å². The number of hydrogen-bond acceptors (Lipinski definition) is 4. The van der Waals surface area contributed by atoms with Crippen LogP contribution in [0.2, 0.25) is 0 Å². The van der Waals surface area contributed by atoms with Gasteiger partial charge in [-0.1, -0.05) is 0 Å². The number of carbonyl (C=O) groups is 1. The summed E-state index contributed by atoms with van der Waals surface area (Å²) in [5, 5.41) is 8.90. The zero-order valence-electron chi connectivity index (χ0n) is 13.4. The van der Waals surface area contributed by atoms with E-state index in [2.05, 4.69) is 15.9 Å². The van der Waals surface area contributed by atoms with Crippen molar-refractivity contribution in [1.82, 2.24) is 9.80 Å². The molecule has 3 rings (SSSR count). The SMILES string of the molecule is N#Cc1ccc(C(=O)N2CCCSC[C@H]2CN2CCCC2)cc1. The fourth-order valence-corrected chi connectivity index (χ4v) is 4.42. The number of hydrogen-bond donors (Lipinski definition) is 0. The molecule has 2 aliphatic rings. The van der Waals surface area contributed by atoms with Gasteiger partial charge < -0.3 is 9.80 Å². The second-order valence-corrected chi connectivity index (χ2v) is 7.43. The molecule has 0 saturated carbocycles.